The van der Waals surface area contributed by atoms with E-state index in [1.54, 1.807) is 24.3 Å². The molecule has 11 heteroatoms. The smallest absolute Gasteiger partial charge is 0.414 e. The first kappa shape index (κ1) is 20.7. The average molecular weight is 414 g/mol. The van der Waals surface area contributed by atoms with Crippen LogP contribution in [0.25, 0.3) is 11.1 Å². The molecule has 1 aromatic carbocycles. The first-order chi connectivity index (χ1) is 14.3. The number of pyridine rings is 1. The van der Waals surface area contributed by atoms with Gasteiger partial charge in [-0.05, 0) is 24.3 Å². The van der Waals surface area contributed by atoms with Crippen LogP contribution in [-0.4, -0.2) is 48.4 Å². The lowest BCUT2D eigenvalue weighted by Gasteiger charge is -2.14. The Morgan fingerprint density at radius 3 is 2.83 bits per heavy atom. The van der Waals surface area contributed by atoms with E-state index in [0.29, 0.717) is 22.5 Å². The number of ether oxygens (including phenoxy) is 1. The lowest BCUT2D eigenvalue weighted by molar-refractivity contribution is -0.119. The van der Waals surface area contributed by atoms with E-state index in [9.17, 15) is 18.8 Å². The summed E-state index contributed by atoms with van der Waals surface area (Å²) in [4.78, 5) is 39.1. The third-order valence-electron chi connectivity index (χ3n) is 4.19. The zero-order valence-electron chi connectivity index (χ0n) is 16.0. The number of nitrogens with one attached hydrogen (secondary N) is 2. The quantitative estimate of drug-likeness (QED) is 0.484. The van der Waals surface area contributed by atoms with E-state index in [0.717, 1.165) is 0 Å². The number of urea groups is 1. The van der Waals surface area contributed by atoms with Crippen molar-refractivity contribution in [2.45, 2.75) is 13.0 Å². The van der Waals surface area contributed by atoms with Gasteiger partial charge in [-0.15, -0.1) is 0 Å². The highest BCUT2D eigenvalue weighted by Crippen LogP contribution is 2.28. The van der Waals surface area contributed by atoms with Crippen LogP contribution in [-0.2, 0) is 9.53 Å². The number of cyclic esters (lactones) is 1. The number of hydrogen-bond donors (Lipinski definition) is 3. The Morgan fingerprint density at radius 1 is 1.40 bits per heavy atom. The summed E-state index contributed by atoms with van der Waals surface area (Å²) in [5.41, 5.74) is 8.55. The van der Waals surface area contributed by atoms with Gasteiger partial charge in [0.15, 0.2) is 0 Å². The molecule has 1 fully saturated rings. The Kier molecular flexibility index (Phi) is 6.20. The molecule has 3 rings (SSSR count). The van der Waals surface area contributed by atoms with Gasteiger partial charge in [0.1, 0.15) is 11.9 Å². The number of amides is 4. The van der Waals surface area contributed by atoms with Crippen molar-refractivity contribution in [1.82, 2.24) is 15.7 Å². The number of aromatic nitrogens is 1. The maximum absolute atomic E-state index is 14.7. The molecule has 2 aromatic rings. The third-order valence-corrected chi connectivity index (χ3v) is 4.19. The minimum Gasteiger partial charge on any atom is -0.442 e. The van der Waals surface area contributed by atoms with Gasteiger partial charge in [-0.3, -0.25) is 14.7 Å². The summed E-state index contributed by atoms with van der Waals surface area (Å²) in [7, 11) is 0. The fourth-order valence-corrected chi connectivity index (χ4v) is 2.81. The number of hydrazone groups is 1. The Morgan fingerprint density at radius 2 is 2.20 bits per heavy atom. The Bertz CT molecular complexity index is 995. The van der Waals surface area contributed by atoms with E-state index < -0.39 is 24.0 Å². The van der Waals surface area contributed by atoms with Crippen LogP contribution in [0.3, 0.4) is 0 Å². The molecule has 1 saturated heterocycles. The molecule has 0 radical (unpaired) electrons. The maximum atomic E-state index is 14.7. The second-order valence-corrected chi connectivity index (χ2v) is 6.42. The molecule has 1 aromatic heterocycles. The summed E-state index contributed by atoms with van der Waals surface area (Å²) in [6.45, 7) is 1.76. The molecular formula is C19H19FN6O4. The van der Waals surface area contributed by atoms with E-state index in [1.807, 2.05) is 5.43 Å². The molecule has 10 nitrogen and oxygen atoms in total. The second-order valence-electron chi connectivity index (χ2n) is 6.42. The zero-order valence-corrected chi connectivity index (χ0v) is 16.0. The highest BCUT2D eigenvalue weighted by atomic mass is 19.1. The molecule has 0 bridgehead atoms. The van der Waals surface area contributed by atoms with Crippen LogP contribution in [0.15, 0.2) is 41.6 Å². The highest BCUT2D eigenvalue weighted by Gasteiger charge is 2.32. The highest BCUT2D eigenvalue weighted by molar-refractivity contribution is 5.90. The molecule has 1 aliphatic heterocycles. The number of halogens is 1. The predicted octanol–water partition coefficient (Wildman–Crippen LogP) is 1.35. The summed E-state index contributed by atoms with van der Waals surface area (Å²) in [5.74, 6) is -0.765. The molecule has 0 aliphatic carbocycles. The topological polar surface area (TPSA) is 139 Å². The van der Waals surface area contributed by atoms with Crippen molar-refractivity contribution >= 4 is 29.9 Å². The van der Waals surface area contributed by atoms with E-state index in [1.165, 1.54) is 30.3 Å². The molecule has 156 valence electrons. The summed E-state index contributed by atoms with van der Waals surface area (Å²) in [6, 6.07) is 6.83. The van der Waals surface area contributed by atoms with Crippen molar-refractivity contribution in [2.24, 2.45) is 10.8 Å². The number of anilines is 1. The molecule has 4 N–H and O–H groups in total. The van der Waals surface area contributed by atoms with Gasteiger partial charge >= 0.3 is 12.1 Å². The van der Waals surface area contributed by atoms with Crippen molar-refractivity contribution in [3.8, 4) is 11.1 Å². The summed E-state index contributed by atoms with van der Waals surface area (Å²) in [6.07, 6.45) is 1.64. The van der Waals surface area contributed by atoms with E-state index in [2.05, 4.69) is 15.4 Å². The Balaban J connectivity index is 1.71. The fraction of sp³-hybridized carbons (Fsp3) is 0.211. The summed E-state index contributed by atoms with van der Waals surface area (Å²) >= 11 is 0. The van der Waals surface area contributed by atoms with Gasteiger partial charge in [0, 0.05) is 24.2 Å². The SMILES string of the molecule is CC(=O)NC[C@H]1CN(c2ccc(-c3ccc(C=NNC(N)=O)nc3)c(F)c2)C(=O)O1. The Hall–Kier alpha value is -4.02. The summed E-state index contributed by atoms with van der Waals surface area (Å²) < 4.78 is 19.9. The molecular weight excluding hydrogens is 395 g/mol. The van der Waals surface area contributed by atoms with E-state index >= 15 is 0 Å². The molecule has 2 heterocycles. The van der Waals surface area contributed by atoms with Crippen molar-refractivity contribution in [3.63, 3.8) is 0 Å². The molecule has 30 heavy (non-hydrogen) atoms. The monoisotopic (exact) mass is 414 g/mol. The van der Waals surface area contributed by atoms with Crippen LogP contribution in [0.5, 0.6) is 0 Å². The van der Waals surface area contributed by atoms with E-state index in [-0.39, 0.29) is 19.0 Å². The maximum Gasteiger partial charge on any atom is 0.414 e. The first-order valence-corrected chi connectivity index (χ1v) is 8.90. The van der Waals surface area contributed by atoms with Crippen molar-refractivity contribution in [2.75, 3.05) is 18.0 Å². The van der Waals surface area contributed by atoms with Gasteiger partial charge in [0.2, 0.25) is 5.91 Å². The van der Waals surface area contributed by atoms with Gasteiger partial charge in [0.05, 0.1) is 30.7 Å². The number of carbonyl (C=O) groups excluding carboxylic acids is 3. The number of benzene rings is 1. The zero-order chi connectivity index (χ0) is 21.7. The number of rotatable bonds is 6. The second kappa shape index (κ2) is 8.99. The Labute approximate surface area is 170 Å². The van der Waals surface area contributed by atoms with Crippen molar-refractivity contribution in [1.29, 1.82) is 0 Å². The van der Waals surface area contributed by atoms with Gasteiger partial charge < -0.3 is 15.8 Å². The molecule has 0 saturated carbocycles. The molecule has 0 unspecified atom stereocenters. The number of carbonyl (C=O) groups is 3. The summed E-state index contributed by atoms with van der Waals surface area (Å²) in [5, 5.41) is 6.18. The lowest BCUT2D eigenvalue weighted by Crippen LogP contribution is -2.33. The molecule has 1 aliphatic rings. The van der Waals surface area contributed by atoms with Crippen LogP contribution in [0.1, 0.15) is 12.6 Å². The van der Waals surface area contributed by atoms with Crippen molar-refractivity contribution < 1.29 is 23.5 Å². The first-order valence-electron chi connectivity index (χ1n) is 8.90. The predicted molar refractivity (Wildman–Crippen MR) is 106 cm³/mol. The lowest BCUT2D eigenvalue weighted by atomic mass is 10.1. The van der Waals surface area contributed by atoms with Crippen LogP contribution in [0.2, 0.25) is 0 Å². The third kappa shape index (κ3) is 5.07. The van der Waals surface area contributed by atoms with Gasteiger partial charge in [0.25, 0.3) is 0 Å². The van der Waals surface area contributed by atoms with Crippen LogP contribution >= 0.6 is 0 Å². The minimum absolute atomic E-state index is 0.189. The molecule has 0 spiro atoms. The van der Waals surface area contributed by atoms with Crippen LogP contribution in [0, 0.1) is 5.82 Å². The minimum atomic E-state index is -0.798. The van der Waals surface area contributed by atoms with Gasteiger partial charge in [-0.2, -0.15) is 5.10 Å². The average Bonchev–Trinajstić information content (AvgIpc) is 3.07. The number of hydrogen-bond acceptors (Lipinski definition) is 6. The normalized spacial score (nSPS) is 15.9. The standard InChI is InChI=1S/C19H19FN6O4/c1-11(27)22-9-15-10-26(19(29)30-15)14-4-5-16(17(20)6-14)12-2-3-13(23-7-12)8-24-25-18(21)28/h2-8,15H,9-10H2,1H3,(H,22,27)(H3,21,25,28)/t15-/m0/s1. The number of nitrogens with two attached hydrogens (primary N) is 1. The van der Waals surface area contributed by atoms with Crippen LogP contribution < -0.4 is 21.4 Å². The largest absolute Gasteiger partial charge is 0.442 e. The van der Waals surface area contributed by atoms with Gasteiger partial charge in [-0.1, -0.05) is 6.07 Å². The molecule has 1 atom stereocenters. The number of nitrogens with zero attached hydrogens (tertiary/aromatic N) is 3. The van der Waals surface area contributed by atoms with E-state index in [4.69, 9.17) is 10.5 Å². The van der Waals surface area contributed by atoms with Gasteiger partial charge in [-0.25, -0.2) is 19.4 Å². The fourth-order valence-electron chi connectivity index (χ4n) is 2.81. The number of primary amides is 1. The van der Waals surface area contributed by atoms with Crippen LogP contribution in [0.4, 0.5) is 19.7 Å². The molecule has 4 amide bonds. The van der Waals surface area contributed by atoms with Crippen molar-refractivity contribution in [3.05, 3.63) is 48.0 Å².